The third-order valence-electron chi connectivity index (χ3n) is 4.03. The first-order valence-electron chi connectivity index (χ1n) is 8.66. The van der Waals surface area contributed by atoms with Crippen LogP contribution in [0, 0.1) is 11.6 Å². The predicted molar refractivity (Wildman–Crippen MR) is 102 cm³/mol. The lowest BCUT2D eigenvalue weighted by molar-refractivity contribution is -0.274. The van der Waals surface area contributed by atoms with Crippen LogP contribution in [0.1, 0.15) is 19.4 Å². The van der Waals surface area contributed by atoms with Gasteiger partial charge in [0.05, 0.1) is 15.8 Å². The number of benzene rings is 2. The number of halogens is 5. The molecule has 154 valence electrons. The van der Waals surface area contributed by atoms with Gasteiger partial charge in [0.2, 0.25) is 5.13 Å². The molecule has 0 amide bonds. The van der Waals surface area contributed by atoms with E-state index in [4.69, 9.17) is 0 Å². The topological polar surface area (TPSA) is 37.7 Å². The Balaban J connectivity index is 2.08. The summed E-state index contributed by atoms with van der Waals surface area (Å²) >= 11 is 0.993. The highest BCUT2D eigenvalue weighted by molar-refractivity contribution is 7.22. The van der Waals surface area contributed by atoms with Crippen molar-refractivity contribution in [3.8, 4) is 5.75 Å². The van der Waals surface area contributed by atoms with Gasteiger partial charge in [-0.1, -0.05) is 17.4 Å². The highest BCUT2D eigenvalue weighted by atomic mass is 32.1. The van der Waals surface area contributed by atoms with Gasteiger partial charge in [-0.05, 0) is 38.1 Å². The van der Waals surface area contributed by atoms with Crippen LogP contribution >= 0.6 is 11.3 Å². The van der Waals surface area contributed by atoms with Crippen LogP contribution < -0.4 is 4.74 Å². The van der Waals surface area contributed by atoms with Gasteiger partial charge in [-0.15, -0.1) is 13.2 Å². The Labute approximate surface area is 167 Å². The van der Waals surface area contributed by atoms with Crippen LogP contribution in [-0.2, 0) is 0 Å². The quantitative estimate of drug-likeness (QED) is 0.288. The third-order valence-corrected chi connectivity index (χ3v) is 4.95. The maximum absolute atomic E-state index is 14.4. The van der Waals surface area contributed by atoms with Crippen molar-refractivity contribution in [3.05, 3.63) is 53.6 Å². The van der Waals surface area contributed by atoms with Gasteiger partial charge in [0.25, 0.3) is 0 Å². The van der Waals surface area contributed by atoms with Gasteiger partial charge in [-0.2, -0.15) is 0 Å². The number of rotatable bonds is 5. The number of aromatic nitrogens is 1. The molecule has 0 unspecified atom stereocenters. The SMILES string of the molecule is CCN(CC)/C(=N\c1nc2ccc(OC(F)(F)F)cc2s1)c1c(F)cccc1F. The molecule has 0 bridgehead atoms. The second-order valence-electron chi connectivity index (χ2n) is 5.88. The first kappa shape index (κ1) is 21.0. The van der Waals surface area contributed by atoms with Crippen LogP contribution in [0.25, 0.3) is 10.2 Å². The molecule has 10 heteroatoms. The average Bonchev–Trinajstić information content (AvgIpc) is 3.02. The van der Waals surface area contributed by atoms with Gasteiger partial charge in [0.1, 0.15) is 23.2 Å². The van der Waals surface area contributed by atoms with Crippen molar-refractivity contribution in [1.29, 1.82) is 0 Å². The second kappa shape index (κ2) is 8.32. The number of fused-ring (bicyclic) bond motifs is 1. The summed E-state index contributed by atoms with van der Waals surface area (Å²) in [6.45, 7) is 4.52. The molecular formula is C19H16F5N3OS. The van der Waals surface area contributed by atoms with Crippen LogP contribution in [0.5, 0.6) is 5.75 Å². The lowest BCUT2D eigenvalue weighted by atomic mass is 10.1. The van der Waals surface area contributed by atoms with E-state index in [1.54, 1.807) is 4.90 Å². The van der Waals surface area contributed by atoms with E-state index in [-0.39, 0.29) is 22.3 Å². The summed E-state index contributed by atoms with van der Waals surface area (Å²) in [5.74, 6) is -1.85. The average molecular weight is 429 g/mol. The standard InChI is InChI=1S/C19H16F5N3OS/c1-3-27(4-2)17(16-12(20)6-5-7-13(16)21)26-18-25-14-9-8-11(10-15(14)29-18)28-19(22,23)24/h5-10H,3-4H2,1-2H3/b26-17-. The Hall–Kier alpha value is -2.75. The number of ether oxygens (including phenoxy) is 1. The molecule has 3 aromatic rings. The Kier molecular flexibility index (Phi) is 6.02. The first-order valence-corrected chi connectivity index (χ1v) is 9.47. The Morgan fingerprint density at radius 2 is 1.76 bits per heavy atom. The molecule has 3 rings (SSSR count). The molecule has 0 fully saturated rings. The molecule has 0 radical (unpaired) electrons. The van der Waals surface area contributed by atoms with Crippen molar-refractivity contribution in [1.82, 2.24) is 9.88 Å². The van der Waals surface area contributed by atoms with E-state index >= 15 is 0 Å². The van der Waals surface area contributed by atoms with Crippen LogP contribution in [0.4, 0.5) is 27.1 Å². The molecule has 0 spiro atoms. The van der Waals surface area contributed by atoms with Gasteiger partial charge in [0, 0.05) is 19.2 Å². The molecule has 0 saturated carbocycles. The molecular weight excluding hydrogens is 413 g/mol. The maximum Gasteiger partial charge on any atom is 0.573 e. The zero-order valence-electron chi connectivity index (χ0n) is 15.4. The van der Waals surface area contributed by atoms with Crippen molar-refractivity contribution in [2.24, 2.45) is 4.99 Å². The van der Waals surface area contributed by atoms with E-state index in [1.807, 2.05) is 13.8 Å². The van der Waals surface area contributed by atoms with Crippen molar-refractivity contribution in [3.63, 3.8) is 0 Å². The summed E-state index contributed by atoms with van der Waals surface area (Å²) in [5, 5.41) is 0.161. The third kappa shape index (κ3) is 4.81. The van der Waals surface area contributed by atoms with E-state index in [2.05, 4.69) is 14.7 Å². The lowest BCUT2D eigenvalue weighted by Gasteiger charge is -2.23. The van der Waals surface area contributed by atoms with Crippen LogP contribution in [0.3, 0.4) is 0 Å². The molecule has 4 nitrogen and oxygen atoms in total. The van der Waals surface area contributed by atoms with E-state index in [9.17, 15) is 22.0 Å². The molecule has 0 aliphatic heterocycles. The summed E-state index contributed by atoms with van der Waals surface area (Å²) in [5.41, 5.74) is 0.118. The van der Waals surface area contributed by atoms with Crippen molar-refractivity contribution in [2.75, 3.05) is 13.1 Å². The van der Waals surface area contributed by atoms with Crippen molar-refractivity contribution in [2.45, 2.75) is 20.2 Å². The summed E-state index contributed by atoms with van der Waals surface area (Å²) in [6, 6.07) is 7.23. The lowest BCUT2D eigenvalue weighted by Crippen LogP contribution is -2.32. The summed E-state index contributed by atoms with van der Waals surface area (Å²) in [7, 11) is 0. The monoisotopic (exact) mass is 429 g/mol. The number of hydrogen-bond acceptors (Lipinski definition) is 4. The normalized spacial score (nSPS) is 12.4. The molecule has 29 heavy (non-hydrogen) atoms. The Bertz CT molecular complexity index is 1020. The minimum Gasteiger partial charge on any atom is -0.406 e. The summed E-state index contributed by atoms with van der Waals surface area (Å²) < 4.78 is 70.3. The van der Waals surface area contributed by atoms with Gasteiger partial charge in [-0.25, -0.2) is 18.8 Å². The maximum atomic E-state index is 14.4. The number of thiazole rings is 1. The number of hydrogen-bond donors (Lipinski definition) is 0. The fourth-order valence-corrected chi connectivity index (χ4v) is 3.61. The molecule has 0 aliphatic rings. The van der Waals surface area contributed by atoms with Crippen LogP contribution in [0.2, 0.25) is 0 Å². The van der Waals surface area contributed by atoms with E-state index in [1.165, 1.54) is 18.2 Å². The highest BCUT2D eigenvalue weighted by Gasteiger charge is 2.31. The minimum atomic E-state index is -4.81. The molecule has 0 saturated heterocycles. The number of alkyl halides is 3. The molecule has 0 aliphatic carbocycles. The molecule has 0 N–H and O–H groups in total. The summed E-state index contributed by atoms with van der Waals surface area (Å²) in [6.07, 6.45) is -4.81. The number of aliphatic imine (C=N–C) groups is 1. The number of nitrogens with zero attached hydrogens (tertiary/aromatic N) is 3. The van der Waals surface area contributed by atoms with Gasteiger partial charge >= 0.3 is 6.36 Å². The fourth-order valence-electron chi connectivity index (χ4n) is 2.75. The smallest absolute Gasteiger partial charge is 0.406 e. The van der Waals surface area contributed by atoms with Crippen molar-refractivity contribution < 1.29 is 26.7 Å². The summed E-state index contributed by atoms with van der Waals surface area (Å²) in [4.78, 5) is 10.3. The molecule has 1 aromatic heterocycles. The predicted octanol–water partition coefficient (Wildman–Crippen LogP) is 5.89. The van der Waals surface area contributed by atoms with Crippen molar-refractivity contribution >= 4 is 32.5 Å². The second-order valence-corrected chi connectivity index (χ2v) is 6.89. The molecule has 1 heterocycles. The molecule has 0 atom stereocenters. The van der Waals surface area contributed by atoms with Gasteiger partial charge in [0.15, 0.2) is 0 Å². The highest BCUT2D eigenvalue weighted by Crippen LogP contribution is 2.33. The van der Waals surface area contributed by atoms with E-state index < -0.39 is 18.0 Å². The Morgan fingerprint density at radius 1 is 1.10 bits per heavy atom. The van der Waals surface area contributed by atoms with Crippen LogP contribution in [-0.4, -0.2) is 35.2 Å². The van der Waals surface area contributed by atoms with Gasteiger partial charge < -0.3 is 9.64 Å². The fraction of sp³-hybridized carbons (Fsp3) is 0.263. The van der Waals surface area contributed by atoms with Crippen LogP contribution in [0.15, 0.2) is 41.4 Å². The Morgan fingerprint density at radius 3 is 2.34 bits per heavy atom. The minimum absolute atomic E-state index is 0.0661. The zero-order chi connectivity index (χ0) is 21.2. The molecule has 2 aromatic carbocycles. The first-order chi connectivity index (χ1) is 13.7. The van der Waals surface area contributed by atoms with E-state index in [0.29, 0.717) is 23.3 Å². The number of amidine groups is 1. The largest absolute Gasteiger partial charge is 0.573 e. The van der Waals surface area contributed by atoms with Gasteiger partial charge in [-0.3, -0.25) is 0 Å². The zero-order valence-corrected chi connectivity index (χ0v) is 16.2. The van der Waals surface area contributed by atoms with E-state index in [0.717, 1.165) is 29.5 Å².